The molecule has 1 aliphatic carbocycles. The molecule has 1 aliphatic rings. The first-order valence-corrected chi connectivity index (χ1v) is 9.15. The van der Waals surface area contributed by atoms with Crippen molar-refractivity contribution in [3.63, 3.8) is 0 Å². The minimum atomic E-state index is -2.18. The van der Waals surface area contributed by atoms with E-state index in [0.29, 0.717) is 0 Å². The van der Waals surface area contributed by atoms with E-state index < -0.39 is 12.8 Å². The number of allylic oxidation sites excluding steroid dienone is 4. The van der Waals surface area contributed by atoms with Crippen molar-refractivity contribution in [2.45, 2.75) is 11.9 Å². The van der Waals surface area contributed by atoms with Crippen LogP contribution in [0, 0.1) is 0 Å². The van der Waals surface area contributed by atoms with Gasteiger partial charge in [-0.1, -0.05) is 0 Å². The van der Waals surface area contributed by atoms with E-state index in [1.165, 1.54) is 4.17 Å². The zero-order valence-electron chi connectivity index (χ0n) is 5.03. The van der Waals surface area contributed by atoms with Gasteiger partial charge in [-0.3, -0.25) is 0 Å². The average Bonchev–Trinajstić information content (AvgIpc) is 2.08. The van der Waals surface area contributed by atoms with Crippen molar-refractivity contribution in [1.29, 1.82) is 0 Å². The summed E-state index contributed by atoms with van der Waals surface area (Å²) in [6.45, 7) is 0. The predicted molar refractivity (Wildman–Crippen MR) is 39.4 cm³/mol. The summed E-state index contributed by atoms with van der Waals surface area (Å²) in [5.41, 5.74) is 1.95. The van der Waals surface area contributed by atoms with Crippen LogP contribution in [-0.2, 0) is 12.8 Å². The quantitative estimate of drug-likeness (QED) is 0.629. The Labute approximate surface area is 66.4 Å². The standard InChI is InChI=1S/C5H5.CH3.2ClH.Rh/c1-2-4-5-3-1;;;;/h1-3H,4H2;1H3;2*1H;/q;;;;+2/p-2. The van der Waals surface area contributed by atoms with Gasteiger partial charge in [-0.15, -0.1) is 0 Å². The van der Waals surface area contributed by atoms with Gasteiger partial charge in [0.05, 0.1) is 0 Å². The van der Waals surface area contributed by atoms with Gasteiger partial charge in [0, 0.05) is 0 Å². The van der Waals surface area contributed by atoms with E-state index in [1.54, 1.807) is 0 Å². The van der Waals surface area contributed by atoms with Crippen LogP contribution in [0.2, 0.25) is 5.52 Å². The average molecular weight is 254 g/mol. The topological polar surface area (TPSA) is 0 Å². The first-order valence-electron chi connectivity index (χ1n) is 2.47. The molecule has 9 heavy (non-hydrogen) atoms. The molecular formula is C6H8Cl2Rh. The molecule has 3 heteroatoms. The zero-order chi connectivity index (χ0) is 6.91. The van der Waals surface area contributed by atoms with Crippen LogP contribution in [0.15, 0.2) is 22.4 Å². The summed E-state index contributed by atoms with van der Waals surface area (Å²) in [5.74, 6) is 0. The molecular weight excluding hydrogens is 246 g/mol. The molecule has 0 amide bonds. The SMILES string of the molecule is [CH3][Rh]([Cl])([Cl])[C]1=CC=CC1. The second-order valence-electron chi connectivity index (χ2n) is 1.81. The fourth-order valence-electron chi connectivity index (χ4n) is 0.629. The molecule has 0 saturated carbocycles. The van der Waals surface area contributed by atoms with Crippen LogP contribution in [0.25, 0.3) is 0 Å². The number of rotatable bonds is 1. The molecule has 0 bridgehead atoms. The third-order valence-electron chi connectivity index (χ3n) is 1.09. The molecule has 0 saturated heterocycles. The molecule has 0 aromatic carbocycles. The molecule has 0 nitrogen and oxygen atoms in total. The summed E-state index contributed by atoms with van der Waals surface area (Å²) >= 11 is -2.18. The van der Waals surface area contributed by atoms with Gasteiger partial charge < -0.3 is 0 Å². The van der Waals surface area contributed by atoms with Gasteiger partial charge in [-0.25, -0.2) is 0 Å². The summed E-state index contributed by atoms with van der Waals surface area (Å²) in [7, 11) is 11.9. The van der Waals surface area contributed by atoms with Gasteiger partial charge in [0.2, 0.25) is 0 Å². The van der Waals surface area contributed by atoms with Gasteiger partial charge in [0.25, 0.3) is 0 Å². The minimum absolute atomic E-state index is 0.963. The summed E-state index contributed by atoms with van der Waals surface area (Å²) in [4.78, 5) is 0. The third kappa shape index (κ3) is 2.07. The van der Waals surface area contributed by atoms with E-state index in [4.69, 9.17) is 19.4 Å². The van der Waals surface area contributed by atoms with Crippen molar-refractivity contribution < 1.29 is 12.8 Å². The molecule has 0 aliphatic heterocycles. The third-order valence-corrected chi connectivity index (χ3v) is 5.46. The first kappa shape index (κ1) is 7.79. The van der Waals surface area contributed by atoms with Gasteiger partial charge in [-0.2, -0.15) is 0 Å². The van der Waals surface area contributed by atoms with Crippen molar-refractivity contribution in [2.75, 3.05) is 0 Å². The van der Waals surface area contributed by atoms with Gasteiger partial charge in [-0.05, 0) is 0 Å². The molecule has 0 unspecified atom stereocenters. The van der Waals surface area contributed by atoms with Crippen molar-refractivity contribution in [3.8, 4) is 0 Å². The summed E-state index contributed by atoms with van der Waals surface area (Å²) in [5, 5.41) is 0. The fraction of sp³-hybridized carbons (Fsp3) is 0.333. The molecule has 0 radical (unpaired) electrons. The Balaban J connectivity index is 2.66. The maximum absolute atomic E-state index is 5.96. The Morgan fingerprint density at radius 1 is 1.56 bits per heavy atom. The maximum atomic E-state index is 5.96. The first-order chi connectivity index (χ1) is 4.11. The molecule has 0 atom stereocenters. The second kappa shape index (κ2) is 2.74. The van der Waals surface area contributed by atoms with Gasteiger partial charge >= 0.3 is 66.5 Å². The second-order valence-corrected chi connectivity index (χ2v) is 12.5. The molecule has 0 spiro atoms. The van der Waals surface area contributed by atoms with Crippen LogP contribution in [-0.4, -0.2) is 0 Å². The normalized spacial score (nSPS) is 20.1. The van der Waals surface area contributed by atoms with Crippen molar-refractivity contribution >= 4 is 19.4 Å². The molecule has 0 fully saturated rings. The molecule has 55 valence electrons. The monoisotopic (exact) mass is 253 g/mol. The zero-order valence-corrected chi connectivity index (χ0v) is 8.18. The summed E-state index contributed by atoms with van der Waals surface area (Å²) in [6, 6.07) is 0. The molecule has 0 aromatic rings. The van der Waals surface area contributed by atoms with E-state index in [0.717, 1.165) is 6.42 Å². The van der Waals surface area contributed by atoms with Gasteiger partial charge in [0.1, 0.15) is 0 Å². The van der Waals surface area contributed by atoms with Crippen molar-refractivity contribution in [2.24, 2.45) is 0 Å². The van der Waals surface area contributed by atoms with E-state index in [1.807, 2.05) is 17.7 Å². The Kier molecular flexibility index (Phi) is 2.37. The predicted octanol–water partition coefficient (Wildman–Crippen LogP) is 3.34. The number of hydrogen-bond donors (Lipinski definition) is 0. The van der Waals surface area contributed by atoms with E-state index >= 15 is 0 Å². The van der Waals surface area contributed by atoms with E-state index in [9.17, 15) is 0 Å². The van der Waals surface area contributed by atoms with Crippen LogP contribution >= 0.6 is 19.4 Å². The van der Waals surface area contributed by atoms with Crippen molar-refractivity contribution in [1.82, 2.24) is 0 Å². The van der Waals surface area contributed by atoms with Gasteiger partial charge in [0.15, 0.2) is 0 Å². The molecule has 0 N–H and O–H groups in total. The van der Waals surface area contributed by atoms with Crippen LogP contribution in [0.3, 0.4) is 0 Å². The summed E-state index contributed by atoms with van der Waals surface area (Å²) < 4.78 is 1.23. The number of halogens is 2. The van der Waals surface area contributed by atoms with E-state index in [-0.39, 0.29) is 0 Å². The molecule has 0 heterocycles. The fourth-order valence-corrected chi connectivity index (χ4v) is 3.15. The van der Waals surface area contributed by atoms with Crippen LogP contribution in [0.1, 0.15) is 6.42 Å². The Morgan fingerprint density at radius 2 is 2.22 bits per heavy atom. The summed E-state index contributed by atoms with van der Waals surface area (Å²) in [6.07, 6.45) is 7.08. The Morgan fingerprint density at radius 3 is 2.44 bits per heavy atom. The van der Waals surface area contributed by atoms with Crippen LogP contribution in [0.4, 0.5) is 0 Å². The van der Waals surface area contributed by atoms with Crippen LogP contribution < -0.4 is 0 Å². The number of hydrogen-bond acceptors (Lipinski definition) is 0. The Hall–Kier alpha value is 0.683. The Bertz CT molecular complexity index is 164. The van der Waals surface area contributed by atoms with E-state index in [2.05, 4.69) is 6.08 Å². The van der Waals surface area contributed by atoms with Crippen LogP contribution in [0.5, 0.6) is 0 Å². The van der Waals surface area contributed by atoms with Crippen molar-refractivity contribution in [3.05, 3.63) is 22.4 Å². The molecule has 0 aromatic heterocycles. The molecule has 1 rings (SSSR count).